The fourth-order valence-corrected chi connectivity index (χ4v) is 3.32. The topological polar surface area (TPSA) is 44.4 Å². The summed E-state index contributed by atoms with van der Waals surface area (Å²) in [5.74, 6) is 1.07. The number of hydrogen-bond donors (Lipinski definition) is 2. The van der Waals surface area contributed by atoms with Crippen molar-refractivity contribution >= 4 is 5.91 Å². The van der Waals surface area contributed by atoms with Gasteiger partial charge in [-0.05, 0) is 19.4 Å². The molecule has 1 aliphatic heterocycles. The highest BCUT2D eigenvalue weighted by atomic mass is 16.1. The van der Waals surface area contributed by atoms with Crippen LogP contribution < -0.4 is 10.6 Å². The Labute approximate surface area is 117 Å². The van der Waals surface area contributed by atoms with Gasteiger partial charge in [0.2, 0.25) is 5.91 Å². The van der Waals surface area contributed by atoms with Crippen LogP contribution in [-0.2, 0) is 4.79 Å². The normalized spacial score (nSPS) is 26.3. The summed E-state index contributed by atoms with van der Waals surface area (Å²) in [6.07, 6.45) is 8.70. The molecule has 19 heavy (non-hydrogen) atoms. The average molecular weight is 267 g/mol. The standard InChI is InChI=1S/C15H29N3O/c1-18-10-9-16-14(12-18)11-15(19)17-8-7-13-5-3-2-4-6-13/h13-14,16H,2-12H2,1H3,(H,17,19). The molecular formula is C15H29N3O. The first kappa shape index (κ1) is 14.8. The highest BCUT2D eigenvalue weighted by Gasteiger charge is 2.19. The molecule has 0 radical (unpaired) electrons. The lowest BCUT2D eigenvalue weighted by atomic mass is 9.87. The van der Waals surface area contributed by atoms with E-state index in [0.717, 1.165) is 32.1 Å². The minimum Gasteiger partial charge on any atom is -0.356 e. The molecule has 1 heterocycles. The first-order chi connectivity index (χ1) is 9.24. The average Bonchev–Trinajstić information content (AvgIpc) is 2.40. The minimum atomic E-state index is 0.212. The molecular weight excluding hydrogens is 238 g/mol. The molecule has 2 rings (SSSR count). The molecule has 0 spiro atoms. The smallest absolute Gasteiger partial charge is 0.221 e. The van der Waals surface area contributed by atoms with Crippen LogP contribution >= 0.6 is 0 Å². The molecule has 4 nitrogen and oxygen atoms in total. The number of carbonyl (C=O) groups is 1. The number of likely N-dealkylation sites (N-methyl/N-ethyl adjacent to an activating group) is 1. The monoisotopic (exact) mass is 267 g/mol. The van der Waals surface area contributed by atoms with Crippen molar-refractivity contribution in [3.05, 3.63) is 0 Å². The molecule has 0 bridgehead atoms. The molecule has 1 saturated carbocycles. The SMILES string of the molecule is CN1CCNC(CC(=O)NCCC2CCCCC2)C1. The molecule has 2 aliphatic rings. The minimum absolute atomic E-state index is 0.212. The Morgan fingerprint density at radius 1 is 1.32 bits per heavy atom. The first-order valence-corrected chi connectivity index (χ1v) is 7.92. The summed E-state index contributed by atoms with van der Waals surface area (Å²) in [5, 5.41) is 6.51. The van der Waals surface area contributed by atoms with Gasteiger partial charge in [-0.2, -0.15) is 0 Å². The Balaban J connectivity index is 1.56. The van der Waals surface area contributed by atoms with Crippen molar-refractivity contribution in [2.75, 3.05) is 33.2 Å². The molecule has 1 atom stereocenters. The predicted molar refractivity (Wildman–Crippen MR) is 78.1 cm³/mol. The largest absolute Gasteiger partial charge is 0.356 e. The van der Waals surface area contributed by atoms with Gasteiger partial charge in [-0.15, -0.1) is 0 Å². The molecule has 4 heteroatoms. The van der Waals surface area contributed by atoms with Crippen molar-refractivity contribution < 1.29 is 4.79 Å². The van der Waals surface area contributed by atoms with Gasteiger partial charge in [-0.1, -0.05) is 32.1 Å². The summed E-state index contributed by atoms with van der Waals surface area (Å²) < 4.78 is 0. The van der Waals surface area contributed by atoms with Gasteiger partial charge in [0.25, 0.3) is 0 Å². The number of rotatable bonds is 5. The van der Waals surface area contributed by atoms with Gasteiger partial charge in [0.1, 0.15) is 0 Å². The van der Waals surface area contributed by atoms with E-state index < -0.39 is 0 Å². The molecule has 110 valence electrons. The van der Waals surface area contributed by atoms with E-state index in [1.165, 1.54) is 38.5 Å². The van der Waals surface area contributed by atoms with E-state index in [4.69, 9.17) is 0 Å². The van der Waals surface area contributed by atoms with E-state index in [1.807, 2.05) is 0 Å². The van der Waals surface area contributed by atoms with Crippen molar-refractivity contribution in [3.63, 3.8) is 0 Å². The molecule has 1 unspecified atom stereocenters. The third kappa shape index (κ3) is 5.49. The molecule has 0 aromatic heterocycles. The number of piperazine rings is 1. The number of carbonyl (C=O) groups excluding carboxylic acids is 1. The molecule has 1 saturated heterocycles. The van der Waals surface area contributed by atoms with E-state index in [9.17, 15) is 4.79 Å². The maximum atomic E-state index is 11.9. The van der Waals surface area contributed by atoms with Gasteiger partial charge in [0.15, 0.2) is 0 Å². The van der Waals surface area contributed by atoms with Crippen LogP contribution in [-0.4, -0.2) is 50.1 Å². The lowest BCUT2D eigenvalue weighted by Crippen LogP contribution is -2.50. The molecule has 1 aliphatic carbocycles. The summed E-state index contributed by atoms with van der Waals surface area (Å²) in [4.78, 5) is 14.2. The van der Waals surface area contributed by atoms with Crippen molar-refractivity contribution in [2.24, 2.45) is 5.92 Å². The molecule has 2 fully saturated rings. The van der Waals surface area contributed by atoms with Crippen molar-refractivity contribution in [2.45, 2.75) is 51.0 Å². The third-order valence-corrected chi connectivity index (χ3v) is 4.49. The second-order valence-corrected chi connectivity index (χ2v) is 6.26. The maximum Gasteiger partial charge on any atom is 0.221 e. The first-order valence-electron chi connectivity index (χ1n) is 7.92. The van der Waals surface area contributed by atoms with Crippen molar-refractivity contribution in [1.82, 2.24) is 15.5 Å². The van der Waals surface area contributed by atoms with Crippen LogP contribution in [0.2, 0.25) is 0 Å². The van der Waals surface area contributed by atoms with E-state index in [0.29, 0.717) is 12.5 Å². The van der Waals surface area contributed by atoms with Crippen molar-refractivity contribution in [3.8, 4) is 0 Å². The fraction of sp³-hybridized carbons (Fsp3) is 0.933. The molecule has 2 N–H and O–H groups in total. The predicted octanol–water partition coefficient (Wildman–Crippen LogP) is 1.37. The molecule has 0 aromatic rings. The molecule has 1 amide bonds. The van der Waals surface area contributed by atoms with Gasteiger partial charge < -0.3 is 15.5 Å². The zero-order valence-corrected chi connectivity index (χ0v) is 12.3. The number of nitrogens with one attached hydrogen (secondary N) is 2. The van der Waals surface area contributed by atoms with E-state index in [2.05, 4.69) is 22.6 Å². The Bertz CT molecular complexity index is 277. The van der Waals surface area contributed by atoms with Crippen LogP contribution in [0.15, 0.2) is 0 Å². The van der Waals surface area contributed by atoms with Crippen LogP contribution in [0.3, 0.4) is 0 Å². The van der Waals surface area contributed by atoms with Gasteiger partial charge >= 0.3 is 0 Å². The Morgan fingerprint density at radius 2 is 2.11 bits per heavy atom. The Kier molecular flexibility index (Phi) is 6.11. The lowest BCUT2D eigenvalue weighted by molar-refractivity contribution is -0.121. The van der Waals surface area contributed by atoms with E-state index in [1.54, 1.807) is 0 Å². The quantitative estimate of drug-likeness (QED) is 0.791. The number of nitrogens with zero attached hydrogens (tertiary/aromatic N) is 1. The van der Waals surface area contributed by atoms with Crippen LogP contribution in [0.25, 0.3) is 0 Å². The summed E-state index contributed by atoms with van der Waals surface area (Å²) in [5.41, 5.74) is 0. The fourth-order valence-electron chi connectivity index (χ4n) is 3.32. The lowest BCUT2D eigenvalue weighted by Gasteiger charge is -2.30. The Morgan fingerprint density at radius 3 is 2.84 bits per heavy atom. The van der Waals surface area contributed by atoms with Crippen molar-refractivity contribution in [1.29, 1.82) is 0 Å². The van der Waals surface area contributed by atoms with Crippen LogP contribution in [0, 0.1) is 5.92 Å². The third-order valence-electron chi connectivity index (χ3n) is 4.49. The van der Waals surface area contributed by atoms with Gasteiger partial charge in [0.05, 0.1) is 0 Å². The van der Waals surface area contributed by atoms with E-state index in [-0.39, 0.29) is 5.91 Å². The zero-order chi connectivity index (χ0) is 13.5. The van der Waals surface area contributed by atoms with Gasteiger partial charge in [0, 0.05) is 38.6 Å². The second-order valence-electron chi connectivity index (χ2n) is 6.26. The zero-order valence-electron chi connectivity index (χ0n) is 12.3. The van der Waals surface area contributed by atoms with E-state index >= 15 is 0 Å². The van der Waals surface area contributed by atoms with Gasteiger partial charge in [-0.3, -0.25) is 4.79 Å². The second kappa shape index (κ2) is 7.85. The maximum absolute atomic E-state index is 11.9. The van der Waals surface area contributed by atoms with Crippen LogP contribution in [0.5, 0.6) is 0 Å². The summed E-state index contributed by atoms with van der Waals surface area (Å²) in [6, 6.07) is 0.327. The summed E-state index contributed by atoms with van der Waals surface area (Å²) >= 11 is 0. The highest BCUT2D eigenvalue weighted by Crippen LogP contribution is 2.25. The summed E-state index contributed by atoms with van der Waals surface area (Å²) in [7, 11) is 2.12. The van der Waals surface area contributed by atoms with Crippen LogP contribution in [0.1, 0.15) is 44.9 Å². The summed E-state index contributed by atoms with van der Waals surface area (Å²) in [6.45, 7) is 3.93. The number of hydrogen-bond acceptors (Lipinski definition) is 3. The van der Waals surface area contributed by atoms with Crippen LogP contribution in [0.4, 0.5) is 0 Å². The highest BCUT2D eigenvalue weighted by molar-refractivity contribution is 5.76. The molecule has 0 aromatic carbocycles. The number of amides is 1. The van der Waals surface area contributed by atoms with Gasteiger partial charge in [-0.25, -0.2) is 0 Å². The Hall–Kier alpha value is -0.610.